The Balaban J connectivity index is 2.61. The summed E-state index contributed by atoms with van der Waals surface area (Å²) in [5, 5.41) is 9.19. The second-order valence-electron chi connectivity index (χ2n) is 4.05. The van der Waals surface area contributed by atoms with Gasteiger partial charge in [0, 0.05) is 18.8 Å². The molecule has 0 bridgehead atoms. The van der Waals surface area contributed by atoms with Gasteiger partial charge < -0.3 is 15.4 Å². The van der Waals surface area contributed by atoms with Crippen LogP contribution in [0.4, 0.5) is 0 Å². The number of fused-ring (bicyclic) bond motifs is 1. The summed E-state index contributed by atoms with van der Waals surface area (Å²) in [6.45, 7) is 0. The van der Waals surface area contributed by atoms with Gasteiger partial charge in [-0.25, -0.2) is 4.79 Å². The molecule has 0 saturated heterocycles. The Morgan fingerprint density at radius 2 is 2.40 bits per heavy atom. The number of halogens is 1. The molecular weight excluding hydrogens is 260 g/mol. The highest BCUT2D eigenvalue weighted by molar-refractivity contribution is 9.10. The number of aliphatic carboxylic acids is 1. The van der Waals surface area contributed by atoms with Gasteiger partial charge in [0.05, 0.1) is 4.60 Å². The lowest BCUT2D eigenvalue weighted by atomic mass is 9.79. The van der Waals surface area contributed by atoms with E-state index in [1.54, 1.807) is 0 Å². The van der Waals surface area contributed by atoms with Crippen molar-refractivity contribution in [1.82, 2.24) is 4.57 Å². The third-order valence-corrected chi connectivity index (χ3v) is 4.10. The van der Waals surface area contributed by atoms with Crippen LogP contribution in [0.15, 0.2) is 10.8 Å². The quantitative estimate of drug-likeness (QED) is 0.811. The molecule has 2 rings (SSSR count). The predicted octanol–water partition coefficient (Wildman–Crippen LogP) is 1.36. The zero-order valence-corrected chi connectivity index (χ0v) is 10.0. The lowest BCUT2D eigenvalue weighted by Gasteiger charge is -2.29. The second-order valence-corrected chi connectivity index (χ2v) is 4.80. The van der Waals surface area contributed by atoms with E-state index >= 15 is 0 Å². The fourth-order valence-corrected chi connectivity index (χ4v) is 2.69. The molecule has 1 aliphatic rings. The van der Waals surface area contributed by atoms with Crippen molar-refractivity contribution in [3.8, 4) is 0 Å². The van der Waals surface area contributed by atoms with Gasteiger partial charge in [-0.3, -0.25) is 0 Å². The number of rotatable bonds is 1. The van der Waals surface area contributed by atoms with Gasteiger partial charge in [0.15, 0.2) is 0 Å². The van der Waals surface area contributed by atoms with Crippen LogP contribution < -0.4 is 5.73 Å². The molecule has 0 spiro atoms. The monoisotopic (exact) mass is 272 g/mol. The Labute approximate surface area is 96.2 Å². The Hall–Kier alpha value is -0.810. The van der Waals surface area contributed by atoms with E-state index in [1.807, 2.05) is 17.8 Å². The minimum atomic E-state index is -1.21. The third-order valence-electron chi connectivity index (χ3n) is 3.07. The predicted molar refractivity (Wildman–Crippen MR) is 59.6 cm³/mol. The maximum absolute atomic E-state index is 11.2. The molecule has 3 N–H and O–H groups in total. The fraction of sp³-hybridized carbons (Fsp3) is 0.500. The molecule has 4 nitrogen and oxygen atoms in total. The lowest BCUT2D eigenvalue weighted by Crippen LogP contribution is -2.46. The van der Waals surface area contributed by atoms with Gasteiger partial charge >= 0.3 is 5.97 Å². The molecule has 0 fully saturated rings. The molecule has 82 valence electrons. The van der Waals surface area contributed by atoms with Crippen molar-refractivity contribution in [3.63, 3.8) is 0 Å². The average Bonchev–Trinajstić information content (AvgIpc) is 2.46. The molecule has 1 heterocycles. The molecule has 1 atom stereocenters. The summed E-state index contributed by atoms with van der Waals surface area (Å²) in [6, 6.07) is 0. The summed E-state index contributed by atoms with van der Waals surface area (Å²) in [5.74, 6) is -0.943. The Morgan fingerprint density at radius 3 is 3.00 bits per heavy atom. The Kier molecular flexibility index (Phi) is 2.39. The maximum Gasteiger partial charge on any atom is 0.328 e. The zero-order valence-electron chi connectivity index (χ0n) is 8.46. The first kappa shape index (κ1) is 10.7. The topological polar surface area (TPSA) is 68.2 Å². The molecule has 0 aromatic carbocycles. The number of carbonyl (C=O) groups is 1. The molecule has 1 aliphatic carbocycles. The van der Waals surface area contributed by atoms with Crippen molar-refractivity contribution in [1.29, 1.82) is 0 Å². The van der Waals surface area contributed by atoms with Gasteiger partial charge in [-0.1, -0.05) is 0 Å². The first-order valence-corrected chi connectivity index (χ1v) is 5.62. The molecule has 0 amide bonds. The number of hydrogen-bond donors (Lipinski definition) is 2. The smallest absolute Gasteiger partial charge is 0.328 e. The summed E-state index contributed by atoms with van der Waals surface area (Å²) < 4.78 is 2.81. The molecule has 1 unspecified atom stereocenters. The van der Waals surface area contributed by atoms with Crippen molar-refractivity contribution in [2.45, 2.75) is 24.8 Å². The first-order chi connectivity index (χ1) is 6.97. The highest BCUT2D eigenvalue weighted by Crippen LogP contribution is 2.38. The molecule has 1 aromatic rings. The molecule has 0 radical (unpaired) electrons. The van der Waals surface area contributed by atoms with E-state index < -0.39 is 11.5 Å². The van der Waals surface area contributed by atoms with Gasteiger partial charge in [0.1, 0.15) is 5.54 Å². The highest BCUT2D eigenvalue weighted by Gasteiger charge is 2.41. The molecular formula is C10H13BrN2O2. The van der Waals surface area contributed by atoms with Crippen LogP contribution in [-0.4, -0.2) is 15.6 Å². The van der Waals surface area contributed by atoms with Crippen molar-refractivity contribution in [2.75, 3.05) is 0 Å². The van der Waals surface area contributed by atoms with E-state index in [9.17, 15) is 9.90 Å². The number of aromatic nitrogens is 1. The van der Waals surface area contributed by atoms with E-state index in [4.69, 9.17) is 5.73 Å². The third kappa shape index (κ3) is 1.41. The van der Waals surface area contributed by atoms with E-state index in [1.165, 1.54) is 0 Å². The maximum atomic E-state index is 11.2. The van der Waals surface area contributed by atoms with Crippen LogP contribution in [0.2, 0.25) is 0 Å². The summed E-state index contributed by atoms with van der Waals surface area (Å²) in [5.41, 5.74) is 6.53. The number of carboxylic acids is 1. The lowest BCUT2D eigenvalue weighted by molar-refractivity contribution is -0.144. The summed E-state index contributed by atoms with van der Waals surface area (Å²) in [4.78, 5) is 11.2. The average molecular weight is 273 g/mol. The normalized spacial score (nSPS) is 25.0. The molecule has 15 heavy (non-hydrogen) atoms. The van der Waals surface area contributed by atoms with Crippen molar-refractivity contribution in [3.05, 3.63) is 21.9 Å². The van der Waals surface area contributed by atoms with E-state index in [0.29, 0.717) is 6.42 Å². The second kappa shape index (κ2) is 3.35. The van der Waals surface area contributed by atoms with Crippen LogP contribution in [-0.2, 0) is 23.8 Å². The van der Waals surface area contributed by atoms with Crippen LogP contribution in [0.3, 0.4) is 0 Å². The Bertz CT molecular complexity index is 427. The molecule has 1 aromatic heterocycles. The van der Waals surface area contributed by atoms with Crippen LogP contribution in [0.25, 0.3) is 0 Å². The number of nitrogens with two attached hydrogens (primary N) is 1. The van der Waals surface area contributed by atoms with Gasteiger partial charge in [0.25, 0.3) is 0 Å². The van der Waals surface area contributed by atoms with Crippen molar-refractivity contribution >= 4 is 21.9 Å². The van der Waals surface area contributed by atoms with E-state index in [-0.39, 0.29) is 0 Å². The van der Waals surface area contributed by atoms with Gasteiger partial charge in [-0.05, 0) is 40.8 Å². The van der Waals surface area contributed by atoms with Crippen molar-refractivity contribution in [2.24, 2.45) is 12.8 Å². The number of aryl methyl sites for hydroxylation is 1. The molecule has 0 saturated carbocycles. The van der Waals surface area contributed by atoms with Gasteiger partial charge in [-0.2, -0.15) is 0 Å². The van der Waals surface area contributed by atoms with Gasteiger partial charge in [0.2, 0.25) is 0 Å². The van der Waals surface area contributed by atoms with Gasteiger partial charge in [-0.15, -0.1) is 0 Å². The standard InChI is InChI=1S/C10H13BrN2O2/c1-13-5-7-6(8(13)11)3-2-4-10(7,12)9(14)15/h5H,2-4,12H2,1H3,(H,14,15). The van der Waals surface area contributed by atoms with Crippen LogP contribution in [0.5, 0.6) is 0 Å². The number of carboxylic acid groups (broad SMARTS) is 1. The van der Waals surface area contributed by atoms with Crippen LogP contribution in [0.1, 0.15) is 24.0 Å². The first-order valence-electron chi connectivity index (χ1n) is 4.83. The van der Waals surface area contributed by atoms with Crippen molar-refractivity contribution < 1.29 is 9.90 Å². The molecule has 5 heteroatoms. The summed E-state index contributed by atoms with van der Waals surface area (Å²) >= 11 is 3.45. The highest BCUT2D eigenvalue weighted by atomic mass is 79.9. The SMILES string of the molecule is Cn1cc2c(c1Br)CCCC2(N)C(=O)O. The Morgan fingerprint density at radius 1 is 1.73 bits per heavy atom. The molecule has 0 aliphatic heterocycles. The summed E-state index contributed by atoms with van der Waals surface area (Å²) in [6.07, 6.45) is 4.03. The van der Waals surface area contributed by atoms with E-state index in [0.717, 1.165) is 28.6 Å². The largest absolute Gasteiger partial charge is 0.480 e. The zero-order chi connectivity index (χ0) is 11.2. The van der Waals surface area contributed by atoms with E-state index in [2.05, 4.69) is 15.9 Å². The minimum Gasteiger partial charge on any atom is -0.480 e. The fourth-order valence-electron chi connectivity index (χ4n) is 2.18. The van der Waals surface area contributed by atoms with Crippen LogP contribution in [0, 0.1) is 0 Å². The van der Waals surface area contributed by atoms with Crippen LogP contribution >= 0.6 is 15.9 Å². The summed E-state index contributed by atoms with van der Waals surface area (Å²) in [7, 11) is 1.88. The number of hydrogen-bond acceptors (Lipinski definition) is 2. The number of nitrogens with zero attached hydrogens (tertiary/aromatic N) is 1. The minimum absolute atomic E-state index is 0.506.